The molecule has 0 bridgehead atoms. The highest BCUT2D eigenvalue weighted by atomic mass is 16.2. The van der Waals surface area contributed by atoms with Crippen molar-refractivity contribution in [3.8, 4) is 0 Å². The van der Waals surface area contributed by atoms with E-state index in [9.17, 15) is 4.79 Å². The maximum Gasteiger partial charge on any atom is 0.237 e. The Morgan fingerprint density at radius 2 is 2.17 bits per heavy atom. The summed E-state index contributed by atoms with van der Waals surface area (Å²) in [5.41, 5.74) is 8.73. The molecule has 2 unspecified atom stereocenters. The summed E-state index contributed by atoms with van der Waals surface area (Å²) in [4.78, 5) is 20.8. The van der Waals surface area contributed by atoms with Gasteiger partial charge in [-0.2, -0.15) is 0 Å². The molecule has 2 heterocycles. The first-order valence-electron chi connectivity index (χ1n) is 8.33. The molecular weight excluding hydrogens is 288 g/mol. The number of aromatic nitrogens is 2. The van der Waals surface area contributed by atoms with Crippen molar-refractivity contribution >= 4 is 11.7 Å². The number of nitrogens with one attached hydrogen (secondary N) is 1. The van der Waals surface area contributed by atoms with Crippen LogP contribution in [0.1, 0.15) is 52.5 Å². The predicted molar refractivity (Wildman–Crippen MR) is 93.0 cm³/mol. The molecule has 5 nitrogen and oxygen atoms in total. The third-order valence-electron chi connectivity index (χ3n) is 4.38. The topological polar surface area (TPSA) is 80.9 Å². The van der Waals surface area contributed by atoms with Crippen LogP contribution in [0.25, 0.3) is 0 Å². The number of allylic oxidation sites excluding steroid dienone is 3. The molecule has 2 atom stereocenters. The van der Waals surface area contributed by atoms with Gasteiger partial charge in [-0.1, -0.05) is 38.5 Å². The molecule has 1 aromatic heterocycles. The molecule has 0 fully saturated rings. The molecular formula is C18H26N4O. The van der Waals surface area contributed by atoms with Crippen LogP contribution in [0.2, 0.25) is 0 Å². The first-order chi connectivity index (χ1) is 11.1. The Morgan fingerprint density at radius 1 is 1.43 bits per heavy atom. The molecule has 0 saturated heterocycles. The van der Waals surface area contributed by atoms with Crippen molar-refractivity contribution in [2.75, 3.05) is 5.32 Å². The van der Waals surface area contributed by atoms with E-state index in [0.29, 0.717) is 12.2 Å². The van der Waals surface area contributed by atoms with Gasteiger partial charge in [0.1, 0.15) is 12.1 Å². The molecule has 1 spiro atoms. The van der Waals surface area contributed by atoms with Gasteiger partial charge in [0.05, 0.1) is 5.41 Å². The van der Waals surface area contributed by atoms with Crippen LogP contribution in [-0.4, -0.2) is 21.9 Å². The van der Waals surface area contributed by atoms with Gasteiger partial charge in [-0.3, -0.25) is 4.79 Å². The Kier molecular flexibility index (Phi) is 5.31. The summed E-state index contributed by atoms with van der Waals surface area (Å²) in [7, 11) is 0. The van der Waals surface area contributed by atoms with Crippen molar-refractivity contribution in [2.24, 2.45) is 5.73 Å². The fourth-order valence-corrected chi connectivity index (χ4v) is 3.27. The second-order valence-electron chi connectivity index (χ2n) is 5.88. The van der Waals surface area contributed by atoms with E-state index in [0.717, 1.165) is 18.4 Å². The summed E-state index contributed by atoms with van der Waals surface area (Å²) >= 11 is 0. The number of rotatable bonds is 3. The highest BCUT2D eigenvalue weighted by Gasteiger charge is 2.51. The normalized spacial score (nSPS) is 23.8. The molecule has 0 radical (unpaired) electrons. The standard InChI is InChI=1S/C16H20N4O.C2H6/c1-3-11-6-16(7-12(11)5-4-10(2)17)13-8-18-9-19-14(13)20-15(16)21;1-2/h4-5,8-10H,3,6-7,17H2,1-2H3,(H,18,19,20,21);1-2H3/b5-4-;. The minimum atomic E-state index is -0.528. The van der Waals surface area contributed by atoms with Crippen molar-refractivity contribution in [3.05, 3.63) is 41.4 Å². The first-order valence-corrected chi connectivity index (χ1v) is 8.33. The van der Waals surface area contributed by atoms with Crippen LogP contribution < -0.4 is 11.1 Å². The number of hydrogen-bond donors (Lipinski definition) is 2. The highest BCUT2D eigenvalue weighted by Crippen LogP contribution is 2.50. The lowest BCUT2D eigenvalue weighted by molar-refractivity contribution is -0.120. The van der Waals surface area contributed by atoms with Gasteiger partial charge in [0.25, 0.3) is 0 Å². The summed E-state index contributed by atoms with van der Waals surface area (Å²) in [6.45, 7) is 8.07. The van der Waals surface area contributed by atoms with Crippen molar-refractivity contribution in [1.82, 2.24) is 9.97 Å². The van der Waals surface area contributed by atoms with Gasteiger partial charge < -0.3 is 11.1 Å². The molecule has 124 valence electrons. The zero-order valence-corrected chi connectivity index (χ0v) is 14.4. The summed E-state index contributed by atoms with van der Waals surface area (Å²) in [5.74, 6) is 0.691. The van der Waals surface area contributed by atoms with Gasteiger partial charge >= 0.3 is 0 Å². The van der Waals surface area contributed by atoms with E-state index >= 15 is 0 Å². The molecule has 0 aromatic carbocycles. The zero-order valence-electron chi connectivity index (χ0n) is 14.4. The van der Waals surface area contributed by atoms with Crippen LogP contribution in [0.4, 0.5) is 5.82 Å². The monoisotopic (exact) mass is 314 g/mol. The SMILES string of the molecule is CC.CCC1=C(/C=C\C(C)N)CC2(C1)C(=O)Nc1ncncc12. The van der Waals surface area contributed by atoms with Crippen LogP contribution in [0, 0.1) is 0 Å². The lowest BCUT2D eigenvalue weighted by Gasteiger charge is -2.21. The number of carbonyl (C=O) groups excluding carboxylic acids is 1. The van der Waals surface area contributed by atoms with E-state index < -0.39 is 5.41 Å². The third kappa shape index (κ3) is 3.06. The van der Waals surface area contributed by atoms with Gasteiger partial charge in [-0.15, -0.1) is 0 Å². The lowest BCUT2D eigenvalue weighted by atomic mass is 9.79. The smallest absolute Gasteiger partial charge is 0.237 e. The Balaban J connectivity index is 0.000000924. The molecule has 1 aliphatic heterocycles. The Labute approximate surface area is 138 Å². The van der Waals surface area contributed by atoms with Crippen molar-refractivity contribution in [3.63, 3.8) is 0 Å². The van der Waals surface area contributed by atoms with Crippen LogP contribution >= 0.6 is 0 Å². The second kappa shape index (κ2) is 7.04. The van der Waals surface area contributed by atoms with Crippen molar-refractivity contribution in [1.29, 1.82) is 0 Å². The number of anilines is 1. The number of nitrogens with zero attached hydrogens (tertiary/aromatic N) is 2. The van der Waals surface area contributed by atoms with Crippen LogP contribution in [0.3, 0.4) is 0 Å². The second-order valence-corrected chi connectivity index (χ2v) is 5.88. The number of fused-ring (bicyclic) bond motifs is 2. The fourth-order valence-electron chi connectivity index (χ4n) is 3.27. The summed E-state index contributed by atoms with van der Waals surface area (Å²) in [5, 5.41) is 2.89. The molecule has 0 saturated carbocycles. The average Bonchev–Trinajstić information content (AvgIpc) is 3.07. The Morgan fingerprint density at radius 3 is 2.83 bits per heavy atom. The number of hydrogen-bond acceptors (Lipinski definition) is 4. The van der Waals surface area contributed by atoms with E-state index in [1.165, 1.54) is 17.5 Å². The van der Waals surface area contributed by atoms with Crippen LogP contribution in [0.5, 0.6) is 0 Å². The van der Waals surface area contributed by atoms with E-state index in [-0.39, 0.29) is 11.9 Å². The Bertz CT molecular complexity index is 648. The Hall–Kier alpha value is -2.01. The molecule has 1 amide bonds. The highest BCUT2D eigenvalue weighted by molar-refractivity contribution is 6.06. The number of amides is 1. The molecule has 1 aromatic rings. The van der Waals surface area contributed by atoms with E-state index in [1.54, 1.807) is 6.20 Å². The minimum absolute atomic E-state index is 0.0141. The number of carbonyl (C=O) groups is 1. The zero-order chi connectivity index (χ0) is 17.0. The summed E-state index contributed by atoms with van der Waals surface area (Å²) in [6, 6.07) is 0.0141. The quantitative estimate of drug-likeness (QED) is 0.898. The maximum absolute atomic E-state index is 12.5. The first kappa shape index (κ1) is 17.3. The maximum atomic E-state index is 12.5. The van der Waals surface area contributed by atoms with E-state index in [2.05, 4.69) is 28.3 Å². The average molecular weight is 314 g/mol. The third-order valence-corrected chi connectivity index (χ3v) is 4.38. The van der Waals surface area contributed by atoms with Gasteiger partial charge in [0.15, 0.2) is 0 Å². The molecule has 3 rings (SSSR count). The van der Waals surface area contributed by atoms with Crippen LogP contribution in [0.15, 0.2) is 35.8 Å². The number of nitrogens with two attached hydrogens (primary N) is 1. The molecule has 1 aliphatic carbocycles. The molecule has 5 heteroatoms. The minimum Gasteiger partial charge on any atom is -0.325 e. The van der Waals surface area contributed by atoms with E-state index in [1.807, 2.05) is 26.8 Å². The lowest BCUT2D eigenvalue weighted by Crippen LogP contribution is -2.32. The largest absolute Gasteiger partial charge is 0.325 e. The van der Waals surface area contributed by atoms with Gasteiger partial charge in [0.2, 0.25) is 5.91 Å². The van der Waals surface area contributed by atoms with Crippen LogP contribution in [-0.2, 0) is 10.2 Å². The predicted octanol–water partition coefficient (Wildman–Crippen LogP) is 3.10. The van der Waals surface area contributed by atoms with Gasteiger partial charge in [0, 0.05) is 17.8 Å². The van der Waals surface area contributed by atoms with Crippen molar-refractivity contribution < 1.29 is 4.79 Å². The fraction of sp³-hybridized carbons (Fsp3) is 0.500. The van der Waals surface area contributed by atoms with Gasteiger partial charge in [-0.25, -0.2) is 9.97 Å². The summed E-state index contributed by atoms with van der Waals surface area (Å²) in [6.07, 6.45) is 9.69. The van der Waals surface area contributed by atoms with E-state index in [4.69, 9.17) is 5.73 Å². The molecule has 3 N–H and O–H groups in total. The van der Waals surface area contributed by atoms with Crippen molar-refractivity contribution in [2.45, 2.75) is 58.4 Å². The molecule has 2 aliphatic rings. The summed E-state index contributed by atoms with van der Waals surface area (Å²) < 4.78 is 0. The molecule has 23 heavy (non-hydrogen) atoms. The van der Waals surface area contributed by atoms with Gasteiger partial charge in [-0.05, 0) is 31.8 Å².